The third kappa shape index (κ3) is 2.45. The summed E-state index contributed by atoms with van der Waals surface area (Å²) >= 11 is 6.14. The van der Waals surface area contributed by atoms with E-state index in [1.165, 1.54) is 0 Å². The molecule has 0 aromatic heterocycles. The van der Waals surface area contributed by atoms with Gasteiger partial charge in [0.25, 0.3) is 0 Å². The van der Waals surface area contributed by atoms with E-state index in [1.807, 2.05) is 23.1 Å². The van der Waals surface area contributed by atoms with Crippen molar-refractivity contribution >= 4 is 17.5 Å². The predicted molar refractivity (Wildman–Crippen MR) is 81.0 cm³/mol. The zero-order chi connectivity index (χ0) is 14.0. The van der Waals surface area contributed by atoms with E-state index in [0.717, 1.165) is 62.4 Å². The molecule has 0 unspecified atom stereocenters. The molecule has 0 radical (unpaired) electrons. The molecule has 108 valence electrons. The highest BCUT2D eigenvalue weighted by Crippen LogP contribution is 2.43. The standard InChI is InChI=1S/C16H21ClN2O/c17-14-5-3-4-13(12-14)16(6-1-2-7-16)15(20)19-10-8-18-9-11-19/h3-5,12,18H,1-2,6-11H2. The van der Waals surface area contributed by atoms with Crippen molar-refractivity contribution in [2.75, 3.05) is 26.2 Å². The van der Waals surface area contributed by atoms with Gasteiger partial charge in [-0.2, -0.15) is 0 Å². The van der Waals surface area contributed by atoms with Crippen LogP contribution in [0.4, 0.5) is 0 Å². The van der Waals surface area contributed by atoms with Crippen LogP contribution in [0, 0.1) is 0 Å². The lowest BCUT2D eigenvalue weighted by Gasteiger charge is -2.37. The summed E-state index contributed by atoms with van der Waals surface area (Å²) in [5.74, 6) is 0.304. The van der Waals surface area contributed by atoms with Gasteiger partial charge in [0.05, 0.1) is 5.41 Å². The Labute approximate surface area is 125 Å². The lowest BCUT2D eigenvalue weighted by molar-refractivity contribution is -0.138. The summed E-state index contributed by atoms with van der Waals surface area (Å²) < 4.78 is 0. The van der Waals surface area contributed by atoms with Crippen molar-refractivity contribution in [1.82, 2.24) is 10.2 Å². The normalized spacial score (nSPS) is 21.9. The second-order valence-electron chi connectivity index (χ2n) is 5.84. The van der Waals surface area contributed by atoms with Crippen molar-refractivity contribution < 1.29 is 4.79 Å². The van der Waals surface area contributed by atoms with Gasteiger partial charge in [0.1, 0.15) is 0 Å². The number of hydrogen-bond donors (Lipinski definition) is 1. The number of carbonyl (C=O) groups is 1. The van der Waals surface area contributed by atoms with Crippen LogP contribution in [-0.2, 0) is 10.2 Å². The zero-order valence-corrected chi connectivity index (χ0v) is 12.5. The molecule has 2 aliphatic rings. The molecule has 3 rings (SSSR count). The van der Waals surface area contributed by atoms with Gasteiger partial charge in [0.2, 0.25) is 5.91 Å². The van der Waals surface area contributed by atoms with Crippen molar-refractivity contribution in [3.63, 3.8) is 0 Å². The van der Waals surface area contributed by atoms with Crippen LogP contribution in [0.5, 0.6) is 0 Å². The second-order valence-corrected chi connectivity index (χ2v) is 6.28. The number of piperazine rings is 1. The monoisotopic (exact) mass is 292 g/mol. The van der Waals surface area contributed by atoms with Gasteiger partial charge in [-0.3, -0.25) is 4.79 Å². The molecule has 4 heteroatoms. The molecule has 1 aliphatic heterocycles. The fraction of sp³-hybridized carbons (Fsp3) is 0.562. The lowest BCUT2D eigenvalue weighted by atomic mass is 9.77. The first kappa shape index (κ1) is 13.9. The molecule has 1 saturated carbocycles. The van der Waals surface area contributed by atoms with E-state index in [2.05, 4.69) is 11.4 Å². The molecule has 2 fully saturated rings. The topological polar surface area (TPSA) is 32.3 Å². The minimum absolute atomic E-state index is 0.304. The largest absolute Gasteiger partial charge is 0.339 e. The molecule has 20 heavy (non-hydrogen) atoms. The van der Waals surface area contributed by atoms with Crippen LogP contribution in [0.25, 0.3) is 0 Å². The maximum atomic E-state index is 13.1. The van der Waals surface area contributed by atoms with Crippen LogP contribution >= 0.6 is 11.6 Å². The van der Waals surface area contributed by atoms with Crippen LogP contribution < -0.4 is 5.32 Å². The average molecular weight is 293 g/mol. The van der Waals surface area contributed by atoms with Crippen LogP contribution in [-0.4, -0.2) is 37.0 Å². The minimum atomic E-state index is -0.331. The minimum Gasteiger partial charge on any atom is -0.339 e. The first-order chi connectivity index (χ1) is 9.72. The van der Waals surface area contributed by atoms with E-state index >= 15 is 0 Å². The number of rotatable bonds is 2. The number of hydrogen-bond acceptors (Lipinski definition) is 2. The Balaban J connectivity index is 1.93. The molecular formula is C16H21ClN2O. The van der Waals surface area contributed by atoms with Gasteiger partial charge in [-0.15, -0.1) is 0 Å². The number of benzene rings is 1. The molecule has 0 atom stereocenters. The first-order valence-corrected chi connectivity index (χ1v) is 7.86. The molecule has 1 saturated heterocycles. The van der Waals surface area contributed by atoms with Crippen molar-refractivity contribution in [3.8, 4) is 0 Å². The molecule has 1 aromatic carbocycles. The van der Waals surface area contributed by atoms with E-state index in [4.69, 9.17) is 11.6 Å². The van der Waals surface area contributed by atoms with Crippen molar-refractivity contribution in [2.24, 2.45) is 0 Å². The Kier molecular flexibility index (Phi) is 3.99. The summed E-state index contributed by atoms with van der Waals surface area (Å²) in [6.07, 6.45) is 4.17. The van der Waals surface area contributed by atoms with Crippen molar-refractivity contribution in [1.29, 1.82) is 0 Å². The SMILES string of the molecule is O=C(N1CCNCC1)C1(c2cccc(Cl)c2)CCCC1. The van der Waals surface area contributed by atoms with Gasteiger partial charge in [-0.25, -0.2) is 0 Å². The summed E-state index contributed by atoms with van der Waals surface area (Å²) in [6.45, 7) is 3.44. The lowest BCUT2D eigenvalue weighted by Crippen LogP contribution is -2.52. The molecule has 1 aliphatic carbocycles. The van der Waals surface area contributed by atoms with Crippen LogP contribution in [0.3, 0.4) is 0 Å². The Hall–Kier alpha value is -1.06. The number of carbonyl (C=O) groups excluding carboxylic acids is 1. The molecule has 1 heterocycles. The highest BCUT2D eigenvalue weighted by Gasteiger charge is 2.45. The fourth-order valence-corrected chi connectivity index (χ4v) is 3.75. The maximum absolute atomic E-state index is 13.1. The van der Waals surface area contributed by atoms with Gasteiger partial charge >= 0.3 is 0 Å². The number of nitrogens with one attached hydrogen (secondary N) is 1. The Morgan fingerprint density at radius 2 is 1.90 bits per heavy atom. The fourth-order valence-electron chi connectivity index (χ4n) is 3.56. The van der Waals surface area contributed by atoms with Gasteiger partial charge in [0, 0.05) is 31.2 Å². The quantitative estimate of drug-likeness (QED) is 0.909. The Bertz CT molecular complexity index is 491. The summed E-state index contributed by atoms with van der Waals surface area (Å²) in [6, 6.07) is 7.88. The summed E-state index contributed by atoms with van der Waals surface area (Å²) in [7, 11) is 0. The second kappa shape index (κ2) is 5.74. The molecule has 3 nitrogen and oxygen atoms in total. The van der Waals surface area contributed by atoms with E-state index in [1.54, 1.807) is 0 Å². The maximum Gasteiger partial charge on any atom is 0.233 e. The molecular weight excluding hydrogens is 272 g/mol. The Morgan fingerprint density at radius 1 is 1.20 bits per heavy atom. The zero-order valence-electron chi connectivity index (χ0n) is 11.7. The van der Waals surface area contributed by atoms with Crippen LogP contribution in [0.2, 0.25) is 5.02 Å². The van der Waals surface area contributed by atoms with Gasteiger partial charge in [-0.1, -0.05) is 36.6 Å². The number of amides is 1. The van der Waals surface area contributed by atoms with E-state index < -0.39 is 0 Å². The molecule has 1 N–H and O–H groups in total. The third-order valence-electron chi connectivity index (χ3n) is 4.65. The molecule has 1 aromatic rings. The van der Waals surface area contributed by atoms with E-state index in [-0.39, 0.29) is 5.41 Å². The van der Waals surface area contributed by atoms with Crippen molar-refractivity contribution in [2.45, 2.75) is 31.1 Å². The molecule has 1 amide bonds. The van der Waals surface area contributed by atoms with Crippen LogP contribution in [0.15, 0.2) is 24.3 Å². The molecule has 0 bridgehead atoms. The van der Waals surface area contributed by atoms with E-state index in [9.17, 15) is 4.79 Å². The predicted octanol–water partition coefficient (Wildman–Crippen LogP) is 2.58. The number of nitrogens with zero attached hydrogens (tertiary/aromatic N) is 1. The summed E-state index contributed by atoms with van der Waals surface area (Å²) in [4.78, 5) is 15.1. The number of halogens is 1. The third-order valence-corrected chi connectivity index (χ3v) is 4.88. The highest BCUT2D eigenvalue weighted by atomic mass is 35.5. The van der Waals surface area contributed by atoms with E-state index in [0.29, 0.717) is 5.91 Å². The summed E-state index contributed by atoms with van der Waals surface area (Å²) in [5.41, 5.74) is 0.772. The van der Waals surface area contributed by atoms with Gasteiger partial charge in [-0.05, 0) is 30.5 Å². The van der Waals surface area contributed by atoms with Crippen LogP contribution in [0.1, 0.15) is 31.2 Å². The average Bonchev–Trinajstić information content (AvgIpc) is 2.98. The molecule has 0 spiro atoms. The highest BCUT2D eigenvalue weighted by molar-refractivity contribution is 6.30. The Morgan fingerprint density at radius 3 is 2.55 bits per heavy atom. The smallest absolute Gasteiger partial charge is 0.233 e. The first-order valence-electron chi connectivity index (χ1n) is 7.48. The summed E-state index contributed by atoms with van der Waals surface area (Å²) in [5, 5.41) is 4.03. The van der Waals surface area contributed by atoms with Gasteiger partial charge in [0.15, 0.2) is 0 Å². The van der Waals surface area contributed by atoms with Gasteiger partial charge < -0.3 is 10.2 Å². The van der Waals surface area contributed by atoms with Crippen molar-refractivity contribution in [3.05, 3.63) is 34.9 Å².